The summed E-state index contributed by atoms with van der Waals surface area (Å²) >= 11 is 9.51. The van der Waals surface area contributed by atoms with Crippen molar-refractivity contribution in [3.8, 4) is 11.4 Å². The average Bonchev–Trinajstić information content (AvgIpc) is 2.53. The fourth-order valence-electron chi connectivity index (χ4n) is 2.08. The number of halogens is 3. The van der Waals surface area contributed by atoms with E-state index in [1.54, 1.807) is 18.2 Å². The summed E-state index contributed by atoms with van der Waals surface area (Å²) in [6, 6.07) is 15.6. The van der Waals surface area contributed by atoms with Crippen LogP contribution in [0.25, 0.3) is 11.4 Å². The van der Waals surface area contributed by atoms with Crippen molar-refractivity contribution in [3.63, 3.8) is 0 Å². The van der Waals surface area contributed by atoms with Gasteiger partial charge in [0.05, 0.1) is 0 Å². The number of anilines is 1. The van der Waals surface area contributed by atoms with E-state index in [4.69, 9.17) is 11.6 Å². The molecule has 0 aliphatic carbocycles. The van der Waals surface area contributed by atoms with E-state index in [1.165, 1.54) is 12.1 Å². The van der Waals surface area contributed by atoms with Crippen LogP contribution in [0.5, 0.6) is 0 Å². The van der Waals surface area contributed by atoms with Gasteiger partial charge in [0.1, 0.15) is 16.8 Å². The lowest BCUT2D eigenvalue weighted by molar-refractivity contribution is 0.628. The van der Waals surface area contributed by atoms with E-state index in [-0.39, 0.29) is 5.82 Å². The maximum absolute atomic E-state index is 13.0. The maximum Gasteiger partial charge on any atom is 0.163 e. The van der Waals surface area contributed by atoms with Crippen LogP contribution in [0.1, 0.15) is 5.56 Å². The summed E-state index contributed by atoms with van der Waals surface area (Å²) in [4.78, 5) is 8.62. The van der Waals surface area contributed by atoms with Crippen LogP contribution < -0.4 is 5.32 Å². The summed E-state index contributed by atoms with van der Waals surface area (Å²) in [6.07, 6.45) is 0. The molecule has 0 saturated carbocycles. The largest absolute Gasteiger partial charge is 0.366 e. The SMILES string of the molecule is Fc1ccc(-c2nc(Cl)cc(NCc3cccc(Br)c3)n2)cc1. The third-order valence-corrected chi connectivity index (χ3v) is 3.85. The van der Waals surface area contributed by atoms with Crippen LogP contribution in [0.3, 0.4) is 0 Å². The Hall–Kier alpha value is -1.98. The third-order valence-electron chi connectivity index (χ3n) is 3.16. The minimum absolute atomic E-state index is 0.302. The molecule has 1 aromatic heterocycles. The molecule has 3 nitrogen and oxygen atoms in total. The average molecular weight is 393 g/mol. The van der Waals surface area contributed by atoms with Gasteiger partial charge in [0.25, 0.3) is 0 Å². The summed E-state index contributed by atoms with van der Waals surface area (Å²) in [5, 5.41) is 3.55. The molecule has 0 unspecified atom stereocenters. The first-order chi connectivity index (χ1) is 11.1. The highest BCUT2D eigenvalue weighted by Crippen LogP contribution is 2.21. The molecule has 0 saturated heterocycles. The number of nitrogens with one attached hydrogen (secondary N) is 1. The van der Waals surface area contributed by atoms with Crippen LogP contribution in [-0.2, 0) is 6.54 Å². The summed E-state index contributed by atoms with van der Waals surface area (Å²) in [6.45, 7) is 0.607. The molecule has 0 fully saturated rings. The van der Waals surface area contributed by atoms with Gasteiger partial charge in [-0.05, 0) is 42.0 Å². The molecule has 0 spiro atoms. The van der Waals surface area contributed by atoms with Crippen LogP contribution in [0, 0.1) is 5.82 Å². The van der Waals surface area contributed by atoms with Crippen molar-refractivity contribution in [1.82, 2.24) is 9.97 Å². The zero-order chi connectivity index (χ0) is 16.2. The Morgan fingerprint density at radius 1 is 1.04 bits per heavy atom. The fraction of sp³-hybridized carbons (Fsp3) is 0.0588. The smallest absolute Gasteiger partial charge is 0.163 e. The summed E-state index contributed by atoms with van der Waals surface area (Å²) in [5.74, 6) is 0.766. The molecular formula is C17H12BrClFN3. The number of hydrogen-bond acceptors (Lipinski definition) is 3. The van der Waals surface area contributed by atoms with Crippen LogP contribution in [-0.4, -0.2) is 9.97 Å². The molecule has 0 amide bonds. The standard InChI is InChI=1S/C17H12BrClFN3/c18-13-3-1-2-11(8-13)10-21-16-9-15(19)22-17(23-16)12-4-6-14(20)7-5-12/h1-9H,10H2,(H,21,22,23). The van der Waals surface area contributed by atoms with Crippen molar-refractivity contribution in [3.05, 3.63) is 75.6 Å². The van der Waals surface area contributed by atoms with Gasteiger partial charge in [-0.1, -0.05) is 39.7 Å². The number of rotatable bonds is 4. The van der Waals surface area contributed by atoms with Gasteiger partial charge in [0, 0.05) is 22.6 Å². The van der Waals surface area contributed by atoms with Gasteiger partial charge in [-0.2, -0.15) is 0 Å². The molecule has 0 aliphatic rings. The number of benzene rings is 2. The third kappa shape index (κ3) is 4.27. The molecule has 0 aliphatic heterocycles. The van der Waals surface area contributed by atoms with Crippen LogP contribution in [0.4, 0.5) is 10.2 Å². The summed E-state index contributed by atoms with van der Waals surface area (Å²) in [5.41, 5.74) is 1.82. The highest BCUT2D eigenvalue weighted by Gasteiger charge is 2.06. The van der Waals surface area contributed by atoms with Gasteiger partial charge in [-0.3, -0.25) is 0 Å². The monoisotopic (exact) mass is 391 g/mol. The number of nitrogens with zero attached hydrogens (tertiary/aromatic N) is 2. The van der Waals surface area contributed by atoms with E-state index in [0.29, 0.717) is 28.9 Å². The predicted octanol–water partition coefficient (Wildman–Crippen LogP) is 5.31. The van der Waals surface area contributed by atoms with Crippen molar-refractivity contribution in [2.24, 2.45) is 0 Å². The Morgan fingerprint density at radius 2 is 1.83 bits per heavy atom. The molecule has 6 heteroatoms. The zero-order valence-corrected chi connectivity index (χ0v) is 14.3. The Morgan fingerprint density at radius 3 is 2.57 bits per heavy atom. The van der Waals surface area contributed by atoms with Crippen molar-refractivity contribution >= 4 is 33.3 Å². The van der Waals surface area contributed by atoms with Gasteiger partial charge in [0.15, 0.2) is 5.82 Å². The first-order valence-corrected chi connectivity index (χ1v) is 8.06. The molecule has 3 aromatic rings. The van der Waals surface area contributed by atoms with Crippen molar-refractivity contribution < 1.29 is 4.39 Å². The van der Waals surface area contributed by atoms with Gasteiger partial charge < -0.3 is 5.32 Å². The topological polar surface area (TPSA) is 37.8 Å². The molecule has 1 N–H and O–H groups in total. The van der Waals surface area contributed by atoms with E-state index >= 15 is 0 Å². The second kappa shape index (κ2) is 7.06. The van der Waals surface area contributed by atoms with Crippen molar-refractivity contribution in [1.29, 1.82) is 0 Å². The van der Waals surface area contributed by atoms with Crippen molar-refractivity contribution in [2.45, 2.75) is 6.54 Å². The first kappa shape index (κ1) is 15.9. The molecule has 116 valence electrons. The minimum Gasteiger partial charge on any atom is -0.366 e. The van der Waals surface area contributed by atoms with Gasteiger partial charge in [0.2, 0.25) is 0 Å². The predicted molar refractivity (Wildman–Crippen MR) is 93.9 cm³/mol. The van der Waals surface area contributed by atoms with E-state index < -0.39 is 0 Å². The second-order valence-corrected chi connectivity index (χ2v) is 6.19. The van der Waals surface area contributed by atoms with Crippen LogP contribution in [0.2, 0.25) is 5.15 Å². The van der Waals surface area contributed by atoms with E-state index in [1.807, 2.05) is 24.3 Å². The van der Waals surface area contributed by atoms with Crippen molar-refractivity contribution in [2.75, 3.05) is 5.32 Å². The number of hydrogen-bond donors (Lipinski definition) is 1. The molecule has 3 rings (SSSR count). The lowest BCUT2D eigenvalue weighted by atomic mass is 10.2. The van der Waals surface area contributed by atoms with Gasteiger partial charge in [-0.15, -0.1) is 0 Å². The molecule has 1 heterocycles. The Labute approximate surface area is 146 Å². The Bertz CT molecular complexity index is 824. The van der Waals surface area contributed by atoms with E-state index in [0.717, 1.165) is 10.0 Å². The zero-order valence-electron chi connectivity index (χ0n) is 11.9. The van der Waals surface area contributed by atoms with Crippen LogP contribution >= 0.6 is 27.5 Å². The summed E-state index contributed by atoms with van der Waals surface area (Å²) < 4.78 is 14.0. The second-order valence-electron chi connectivity index (χ2n) is 4.89. The van der Waals surface area contributed by atoms with Crippen LogP contribution in [0.15, 0.2) is 59.1 Å². The Balaban J connectivity index is 1.81. The van der Waals surface area contributed by atoms with E-state index in [9.17, 15) is 4.39 Å². The van der Waals surface area contributed by atoms with E-state index in [2.05, 4.69) is 31.2 Å². The maximum atomic E-state index is 13.0. The lowest BCUT2D eigenvalue weighted by Gasteiger charge is -2.08. The first-order valence-electron chi connectivity index (χ1n) is 6.89. The Kier molecular flexibility index (Phi) is 4.88. The lowest BCUT2D eigenvalue weighted by Crippen LogP contribution is -2.03. The normalized spacial score (nSPS) is 10.6. The molecule has 0 bridgehead atoms. The highest BCUT2D eigenvalue weighted by molar-refractivity contribution is 9.10. The molecular weight excluding hydrogens is 381 g/mol. The molecule has 0 radical (unpaired) electrons. The molecule has 2 aromatic carbocycles. The van der Waals surface area contributed by atoms with Gasteiger partial charge in [-0.25, -0.2) is 14.4 Å². The molecule has 23 heavy (non-hydrogen) atoms. The highest BCUT2D eigenvalue weighted by atomic mass is 79.9. The number of aromatic nitrogens is 2. The van der Waals surface area contributed by atoms with Gasteiger partial charge >= 0.3 is 0 Å². The molecule has 0 atom stereocenters. The minimum atomic E-state index is -0.302. The fourth-order valence-corrected chi connectivity index (χ4v) is 2.71. The summed E-state index contributed by atoms with van der Waals surface area (Å²) in [7, 11) is 0. The quantitative estimate of drug-likeness (QED) is 0.611.